The van der Waals surface area contributed by atoms with Crippen molar-refractivity contribution in [3.05, 3.63) is 12.7 Å². The first-order valence-corrected chi connectivity index (χ1v) is 4.23. The van der Waals surface area contributed by atoms with E-state index in [4.69, 9.17) is 9.84 Å². The van der Waals surface area contributed by atoms with Crippen molar-refractivity contribution >= 4 is 5.97 Å². The number of carbonyl (C=O) groups excluding carboxylic acids is 1. The molecular weight excluding hydrogens is 172 g/mol. The SMILES string of the molecule is C=CCC1(O)CC(=O)O[C@@H](CO)C1. The van der Waals surface area contributed by atoms with Gasteiger partial charge in [0.05, 0.1) is 18.6 Å². The molecule has 1 aliphatic rings. The van der Waals surface area contributed by atoms with Crippen molar-refractivity contribution in [3.63, 3.8) is 0 Å². The van der Waals surface area contributed by atoms with Gasteiger partial charge in [0.1, 0.15) is 6.10 Å². The fourth-order valence-electron chi connectivity index (χ4n) is 1.56. The predicted octanol–water partition coefficient (Wildman–Crippen LogP) is -0.00850. The van der Waals surface area contributed by atoms with Crippen LogP contribution in [0.4, 0.5) is 0 Å². The molecule has 2 atom stereocenters. The largest absolute Gasteiger partial charge is 0.460 e. The summed E-state index contributed by atoms with van der Waals surface area (Å²) in [5.41, 5.74) is -1.08. The number of carbonyl (C=O) groups is 1. The van der Waals surface area contributed by atoms with Gasteiger partial charge in [-0.25, -0.2) is 0 Å². The summed E-state index contributed by atoms with van der Waals surface area (Å²) in [7, 11) is 0. The maximum atomic E-state index is 11.0. The number of esters is 1. The summed E-state index contributed by atoms with van der Waals surface area (Å²) < 4.78 is 4.79. The van der Waals surface area contributed by atoms with Crippen LogP contribution in [0.1, 0.15) is 19.3 Å². The molecule has 0 bridgehead atoms. The zero-order valence-corrected chi connectivity index (χ0v) is 7.40. The molecule has 13 heavy (non-hydrogen) atoms. The molecule has 1 rings (SSSR count). The lowest BCUT2D eigenvalue weighted by Crippen LogP contribution is -2.44. The Kier molecular flexibility index (Phi) is 3.06. The summed E-state index contributed by atoms with van der Waals surface area (Å²) in [6.45, 7) is 3.26. The highest BCUT2D eigenvalue weighted by Crippen LogP contribution is 2.28. The third-order valence-corrected chi connectivity index (χ3v) is 2.11. The van der Waals surface area contributed by atoms with Crippen molar-refractivity contribution in [3.8, 4) is 0 Å². The first-order valence-electron chi connectivity index (χ1n) is 4.23. The second-order valence-corrected chi connectivity index (χ2v) is 3.39. The van der Waals surface area contributed by atoms with Gasteiger partial charge in [-0.05, 0) is 6.42 Å². The van der Waals surface area contributed by atoms with E-state index in [9.17, 15) is 9.90 Å². The lowest BCUT2D eigenvalue weighted by molar-refractivity contribution is -0.172. The molecule has 0 saturated carbocycles. The molecule has 1 unspecified atom stereocenters. The predicted molar refractivity (Wildman–Crippen MR) is 46.0 cm³/mol. The lowest BCUT2D eigenvalue weighted by atomic mass is 9.87. The Hall–Kier alpha value is -0.870. The van der Waals surface area contributed by atoms with Crippen LogP contribution in [0, 0.1) is 0 Å². The second-order valence-electron chi connectivity index (χ2n) is 3.39. The molecule has 0 aliphatic carbocycles. The molecule has 1 fully saturated rings. The number of rotatable bonds is 3. The van der Waals surface area contributed by atoms with Crippen LogP contribution in [0.3, 0.4) is 0 Å². The molecular formula is C9H14O4. The van der Waals surface area contributed by atoms with E-state index in [1.165, 1.54) is 0 Å². The summed E-state index contributed by atoms with van der Waals surface area (Å²) in [6.07, 6.45) is 1.59. The summed E-state index contributed by atoms with van der Waals surface area (Å²) in [4.78, 5) is 11.0. The Balaban J connectivity index is 2.65. The molecule has 0 radical (unpaired) electrons. The zero-order valence-electron chi connectivity index (χ0n) is 7.40. The number of hydrogen-bond acceptors (Lipinski definition) is 4. The van der Waals surface area contributed by atoms with Gasteiger partial charge in [-0.1, -0.05) is 6.08 Å². The summed E-state index contributed by atoms with van der Waals surface area (Å²) in [5.74, 6) is -0.463. The Morgan fingerprint density at radius 1 is 1.77 bits per heavy atom. The highest BCUT2D eigenvalue weighted by atomic mass is 16.6. The lowest BCUT2D eigenvalue weighted by Gasteiger charge is -2.34. The van der Waals surface area contributed by atoms with Gasteiger partial charge >= 0.3 is 5.97 Å². The monoisotopic (exact) mass is 186 g/mol. The standard InChI is InChI=1S/C9H14O4/c1-2-3-9(12)4-7(6-10)13-8(11)5-9/h2,7,10,12H,1,3-6H2/t7-,9?/m1/s1. The van der Waals surface area contributed by atoms with Crippen LogP contribution in [0.5, 0.6) is 0 Å². The first kappa shape index (κ1) is 10.2. The Bertz CT molecular complexity index is 214. The molecule has 0 spiro atoms. The van der Waals surface area contributed by atoms with E-state index in [-0.39, 0.29) is 19.4 Å². The quantitative estimate of drug-likeness (QED) is 0.480. The third kappa shape index (κ3) is 2.54. The van der Waals surface area contributed by atoms with Crippen LogP contribution in [-0.2, 0) is 9.53 Å². The maximum absolute atomic E-state index is 11.0. The average molecular weight is 186 g/mol. The zero-order chi connectivity index (χ0) is 9.90. The Morgan fingerprint density at radius 3 is 3.00 bits per heavy atom. The topological polar surface area (TPSA) is 66.8 Å². The average Bonchev–Trinajstić information content (AvgIpc) is 2.02. The molecule has 74 valence electrons. The molecule has 4 nitrogen and oxygen atoms in total. The first-order chi connectivity index (χ1) is 6.09. The summed E-state index contributed by atoms with van der Waals surface area (Å²) >= 11 is 0. The van der Waals surface area contributed by atoms with Gasteiger partial charge < -0.3 is 14.9 Å². The van der Waals surface area contributed by atoms with Gasteiger partial charge in [0.25, 0.3) is 0 Å². The molecule has 1 heterocycles. The second kappa shape index (κ2) is 3.89. The van der Waals surface area contributed by atoms with E-state index >= 15 is 0 Å². The van der Waals surface area contributed by atoms with Gasteiger partial charge in [0.15, 0.2) is 0 Å². The molecule has 0 aromatic carbocycles. The fraction of sp³-hybridized carbons (Fsp3) is 0.667. The normalized spacial score (nSPS) is 34.0. The minimum atomic E-state index is -1.08. The molecule has 1 saturated heterocycles. The molecule has 2 N–H and O–H groups in total. The van der Waals surface area contributed by atoms with E-state index in [0.717, 1.165) is 0 Å². The molecule has 0 aromatic rings. The highest BCUT2D eigenvalue weighted by Gasteiger charge is 2.38. The van der Waals surface area contributed by atoms with Crippen LogP contribution in [0.15, 0.2) is 12.7 Å². The van der Waals surface area contributed by atoms with E-state index < -0.39 is 17.7 Å². The van der Waals surface area contributed by atoms with Gasteiger partial charge in [-0.2, -0.15) is 0 Å². The smallest absolute Gasteiger partial charge is 0.309 e. The van der Waals surface area contributed by atoms with E-state index in [1.54, 1.807) is 6.08 Å². The highest BCUT2D eigenvalue weighted by molar-refractivity contribution is 5.71. The van der Waals surface area contributed by atoms with Crippen LogP contribution in [0.2, 0.25) is 0 Å². The van der Waals surface area contributed by atoms with E-state index in [0.29, 0.717) is 6.42 Å². The van der Waals surface area contributed by atoms with Gasteiger partial charge in [-0.3, -0.25) is 4.79 Å². The van der Waals surface area contributed by atoms with Crippen molar-refractivity contribution in [2.45, 2.75) is 31.0 Å². The van der Waals surface area contributed by atoms with Crippen molar-refractivity contribution in [1.82, 2.24) is 0 Å². The van der Waals surface area contributed by atoms with Crippen LogP contribution < -0.4 is 0 Å². The van der Waals surface area contributed by atoms with Crippen LogP contribution in [0.25, 0.3) is 0 Å². The summed E-state index contributed by atoms with van der Waals surface area (Å²) in [6, 6.07) is 0. The minimum absolute atomic E-state index is 0.0183. The Labute approximate surface area is 76.8 Å². The Morgan fingerprint density at radius 2 is 2.46 bits per heavy atom. The van der Waals surface area contributed by atoms with Crippen molar-refractivity contribution in [2.24, 2.45) is 0 Å². The van der Waals surface area contributed by atoms with Gasteiger partial charge in [0, 0.05) is 6.42 Å². The summed E-state index contributed by atoms with van der Waals surface area (Å²) in [5, 5.41) is 18.7. The maximum Gasteiger partial charge on any atom is 0.309 e. The van der Waals surface area contributed by atoms with Gasteiger partial charge in [0.2, 0.25) is 0 Å². The number of cyclic esters (lactones) is 1. The number of aliphatic hydroxyl groups excluding tert-OH is 1. The van der Waals surface area contributed by atoms with E-state index in [1.807, 2.05) is 0 Å². The molecule has 0 amide bonds. The fourth-order valence-corrected chi connectivity index (χ4v) is 1.56. The number of ether oxygens (including phenoxy) is 1. The third-order valence-electron chi connectivity index (χ3n) is 2.11. The number of hydrogen-bond donors (Lipinski definition) is 2. The number of aliphatic hydroxyl groups is 2. The van der Waals surface area contributed by atoms with Crippen LogP contribution >= 0.6 is 0 Å². The van der Waals surface area contributed by atoms with Crippen molar-refractivity contribution < 1.29 is 19.7 Å². The van der Waals surface area contributed by atoms with Gasteiger partial charge in [-0.15, -0.1) is 6.58 Å². The minimum Gasteiger partial charge on any atom is -0.460 e. The molecule has 4 heteroatoms. The molecule has 0 aromatic heterocycles. The molecule has 1 aliphatic heterocycles. The van der Waals surface area contributed by atoms with E-state index in [2.05, 4.69) is 6.58 Å². The van der Waals surface area contributed by atoms with Crippen molar-refractivity contribution in [2.75, 3.05) is 6.61 Å². The van der Waals surface area contributed by atoms with Crippen LogP contribution in [-0.4, -0.2) is 34.5 Å². The van der Waals surface area contributed by atoms with Crippen molar-refractivity contribution in [1.29, 1.82) is 0 Å².